The van der Waals surface area contributed by atoms with Crippen LogP contribution in [0.1, 0.15) is 40.5 Å². The number of hydrogen-bond donors (Lipinski definition) is 2. The smallest absolute Gasteiger partial charge is 0.407 e. The summed E-state index contributed by atoms with van der Waals surface area (Å²) in [5.74, 6) is 0.661. The molecular weight excluding hydrogens is 244 g/mol. The van der Waals surface area contributed by atoms with Crippen LogP contribution in [0.2, 0.25) is 0 Å². The van der Waals surface area contributed by atoms with Crippen LogP contribution >= 0.6 is 0 Å². The van der Waals surface area contributed by atoms with Gasteiger partial charge in [0, 0.05) is 25.7 Å². The Kier molecular flexibility index (Phi) is 6.07. The molecule has 0 aromatic carbocycles. The Morgan fingerprint density at radius 3 is 2.47 bits per heavy atom. The Morgan fingerprint density at radius 1 is 1.37 bits per heavy atom. The summed E-state index contributed by atoms with van der Waals surface area (Å²) in [6.07, 6.45) is 2.11. The summed E-state index contributed by atoms with van der Waals surface area (Å²) in [6.45, 7) is 8.97. The maximum absolute atomic E-state index is 11.6. The SMILES string of the molecule is COCC(C)NC(CNC(=O)OC(C)(C)C)C1CC1. The van der Waals surface area contributed by atoms with Gasteiger partial charge in [-0.3, -0.25) is 0 Å². The molecule has 0 spiro atoms. The molecule has 1 aliphatic rings. The van der Waals surface area contributed by atoms with Crippen molar-refractivity contribution in [3.63, 3.8) is 0 Å². The highest BCUT2D eigenvalue weighted by molar-refractivity contribution is 5.67. The molecule has 19 heavy (non-hydrogen) atoms. The van der Waals surface area contributed by atoms with E-state index >= 15 is 0 Å². The van der Waals surface area contributed by atoms with E-state index in [-0.39, 0.29) is 12.1 Å². The van der Waals surface area contributed by atoms with Gasteiger partial charge in [0.2, 0.25) is 0 Å². The van der Waals surface area contributed by atoms with Gasteiger partial charge in [0.15, 0.2) is 0 Å². The first-order valence-electron chi connectivity index (χ1n) is 7.03. The maximum atomic E-state index is 11.6. The Labute approximate surface area is 116 Å². The monoisotopic (exact) mass is 272 g/mol. The van der Waals surface area contributed by atoms with Crippen LogP contribution in [0.15, 0.2) is 0 Å². The van der Waals surface area contributed by atoms with Crippen LogP contribution in [0, 0.1) is 5.92 Å². The van der Waals surface area contributed by atoms with E-state index in [0.29, 0.717) is 25.1 Å². The Hall–Kier alpha value is -0.810. The van der Waals surface area contributed by atoms with Crippen molar-refractivity contribution in [3.8, 4) is 0 Å². The highest BCUT2D eigenvalue weighted by atomic mass is 16.6. The summed E-state index contributed by atoms with van der Waals surface area (Å²) < 4.78 is 10.4. The third-order valence-electron chi connectivity index (χ3n) is 2.97. The molecule has 0 radical (unpaired) electrons. The van der Waals surface area contributed by atoms with Gasteiger partial charge < -0.3 is 20.1 Å². The summed E-state index contributed by atoms with van der Waals surface area (Å²) in [6, 6.07) is 0.591. The van der Waals surface area contributed by atoms with E-state index in [1.165, 1.54) is 12.8 Å². The van der Waals surface area contributed by atoms with E-state index < -0.39 is 5.60 Å². The first-order chi connectivity index (χ1) is 8.81. The van der Waals surface area contributed by atoms with Crippen LogP contribution in [0.5, 0.6) is 0 Å². The average Bonchev–Trinajstić information content (AvgIpc) is 3.05. The summed E-state index contributed by atoms with van der Waals surface area (Å²) in [7, 11) is 1.70. The lowest BCUT2D eigenvalue weighted by Gasteiger charge is -2.25. The van der Waals surface area contributed by atoms with Gasteiger partial charge in [-0.1, -0.05) is 0 Å². The van der Waals surface area contributed by atoms with Crippen molar-refractivity contribution >= 4 is 6.09 Å². The van der Waals surface area contributed by atoms with Crippen LogP contribution in [-0.4, -0.2) is 44.0 Å². The van der Waals surface area contributed by atoms with Gasteiger partial charge in [0.1, 0.15) is 5.60 Å². The number of methoxy groups -OCH3 is 1. The molecule has 0 bridgehead atoms. The lowest BCUT2D eigenvalue weighted by Crippen LogP contribution is -2.48. The zero-order chi connectivity index (χ0) is 14.5. The van der Waals surface area contributed by atoms with Gasteiger partial charge in [-0.15, -0.1) is 0 Å². The normalized spacial score (nSPS) is 18.8. The number of carbonyl (C=O) groups is 1. The first kappa shape index (κ1) is 16.2. The molecule has 112 valence electrons. The summed E-state index contributed by atoms with van der Waals surface area (Å²) in [4.78, 5) is 11.6. The second kappa shape index (κ2) is 7.10. The minimum atomic E-state index is -0.448. The molecule has 2 atom stereocenters. The van der Waals surface area contributed by atoms with Crippen LogP contribution in [0.4, 0.5) is 4.79 Å². The summed E-state index contributed by atoms with van der Waals surface area (Å²) in [5, 5.41) is 6.35. The van der Waals surface area contributed by atoms with E-state index in [4.69, 9.17) is 9.47 Å². The van der Waals surface area contributed by atoms with Crippen molar-refractivity contribution in [1.82, 2.24) is 10.6 Å². The van der Waals surface area contributed by atoms with E-state index in [1.54, 1.807) is 7.11 Å². The van der Waals surface area contributed by atoms with Crippen molar-refractivity contribution in [1.29, 1.82) is 0 Å². The lowest BCUT2D eigenvalue weighted by molar-refractivity contribution is 0.0519. The zero-order valence-electron chi connectivity index (χ0n) is 12.8. The van der Waals surface area contributed by atoms with Crippen molar-refractivity contribution in [2.75, 3.05) is 20.3 Å². The third kappa shape index (κ3) is 7.38. The number of nitrogens with one attached hydrogen (secondary N) is 2. The fourth-order valence-corrected chi connectivity index (χ4v) is 2.03. The van der Waals surface area contributed by atoms with Crippen LogP contribution in [0.3, 0.4) is 0 Å². The molecule has 1 rings (SSSR count). The Morgan fingerprint density at radius 2 is 2.00 bits per heavy atom. The number of alkyl carbamates (subject to hydrolysis) is 1. The molecular formula is C14H28N2O3. The molecule has 1 amide bonds. The van der Waals surface area contributed by atoms with Crippen molar-refractivity contribution in [2.24, 2.45) is 5.92 Å². The van der Waals surface area contributed by atoms with Gasteiger partial charge in [-0.25, -0.2) is 4.79 Å². The predicted molar refractivity (Wildman–Crippen MR) is 75.2 cm³/mol. The van der Waals surface area contributed by atoms with Gasteiger partial charge in [0.05, 0.1) is 6.61 Å². The zero-order valence-corrected chi connectivity index (χ0v) is 12.8. The first-order valence-corrected chi connectivity index (χ1v) is 7.03. The summed E-state index contributed by atoms with van der Waals surface area (Å²) >= 11 is 0. The highest BCUT2D eigenvalue weighted by Gasteiger charge is 2.32. The van der Waals surface area contributed by atoms with E-state index in [1.807, 2.05) is 20.8 Å². The predicted octanol–water partition coefficient (Wildman–Crippen LogP) is 1.91. The molecule has 1 fully saturated rings. The maximum Gasteiger partial charge on any atom is 0.407 e. The number of ether oxygens (including phenoxy) is 2. The molecule has 0 aliphatic heterocycles. The number of carbonyl (C=O) groups excluding carboxylic acids is 1. The van der Waals surface area contributed by atoms with Crippen molar-refractivity contribution in [2.45, 2.75) is 58.2 Å². The minimum Gasteiger partial charge on any atom is -0.444 e. The number of amides is 1. The third-order valence-corrected chi connectivity index (χ3v) is 2.97. The topological polar surface area (TPSA) is 59.6 Å². The highest BCUT2D eigenvalue weighted by Crippen LogP contribution is 2.32. The van der Waals surface area contributed by atoms with E-state index in [9.17, 15) is 4.79 Å². The van der Waals surface area contributed by atoms with Crippen LogP contribution < -0.4 is 10.6 Å². The fourth-order valence-electron chi connectivity index (χ4n) is 2.03. The van der Waals surface area contributed by atoms with Gasteiger partial charge >= 0.3 is 6.09 Å². The van der Waals surface area contributed by atoms with Gasteiger partial charge in [-0.2, -0.15) is 0 Å². The number of rotatable bonds is 7. The van der Waals surface area contributed by atoms with Crippen LogP contribution in [0.25, 0.3) is 0 Å². The standard InChI is InChI=1S/C14H28N2O3/c1-10(9-18-5)16-12(11-6-7-11)8-15-13(17)19-14(2,3)4/h10-12,16H,6-9H2,1-5H3,(H,15,17). The molecule has 2 N–H and O–H groups in total. The molecule has 5 heteroatoms. The molecule has 5 nitrogen and oxygen atoms in total. The quantitative estimate of drug-likeness (QED) is 0.743. The van der Waals surface area contributed by atoms with Gasteiger partial charge in [-0.05, 0) is 46.5 Å². The molecule has 0 saturated heterocycles. The average molecular weight is 272 g/mol. The molecule has 1 saturated carbocycles. The number of hydrogen-bond acceptors (Lipinski definition) is 4. The molecule has 0 aromatic rings. The molecule has 0 heterocycles. The Bertz CT molecular complexity index is 285. The second-order valence-electron chi connectivity index (χ2n) is 6.35. The van der Waals surface area contributed by atoms with E-state index in [0.717, 1.165) is 0 Å². The lowest BCUT2D eigenvalue weighted by atomic mass is 10.1. The van der Waals surface area contributed by atoms with Crippen molar-refractivity contribution < 1.29 is 14.3 Å². The van der Waals surface area contributed by atoms with Gasteiger partial charge in [0.25, 0.3) is 0 Å². The minimum absolute atomic E-state index is 0.288. The van der Waals surface area contributed by atoms with Crippen LogP contribution in [-0.2, 0) is 9.47 Å². The molecule has 0 aromatic heterocycles. The van der Waals surface area contributed by atoms with E-state index in [2.05, 4.69) is 17.6 Å². The summed E-state index contributed by atoms with van der Waals surface area (Å²) in [5.41, 5.74) is -0.448. The fraction of sp³-hybridized carbons (Fsp3) is 0.929. The second-order valence-corrected chi connectivity index (χ2v) is 6.35. The van der Waals surface area contributed by atoms with Crippen molar-refractivity contribution in [3.05, 3.63) is 0 Å². The Balaban J connectivity index is 2.32. The molecule has 2 unspecified atom stereocenters. The largest absolute Gasteiger partial charge is 0.444 e. The molecule has 1 aliphatic carbocycles.